The minimum absolute atomic E-state index is 0.115. The Morgan fingerprint density at radius 3 is 2.33 bits per heavy atom. The number of amides is 1. The second-order valence-corrected chi connectivity index (χ2v) is 6.23. The number of hydrogen-bond acceptors (Lipinski definition) is 3. The van der Waals surface area contributed by atoms with Crippen molar-refractivity contribution in [1.82, 2.24) is 5.32 Å². The minimum atomic E-state index is -0.619. The fourth-order valence-electron chi connectivity index (χ4n) is 2.08. The number of esters is 1. The Morgan fingerprint density at radius 1 is 1.19 bits per heavy atom. The van der Waals surface area contributed by atoms with Crippen molar-refractivity contribution in [3.8, 4) is 0 Å². The zero-order chi connectivity index (χ0) is 15.9. The topological polar surface area (TPSA) is 55.4 Å². The van der Waals surface area contributed by atoms with Crippen molar-refractivity contribution in [2.24, 2.45) is 5.41 Å². The van der Waals surface area contributed by atoms with Gasteiger partial charge in [-0.25, -0.2) is 4.79 Å². The van der Waals surface area contributed by atoms with Gasteiger partial charge in [-0.05, 0) is 23.8 Å². The van der Waals surface area contributed by atoms with E-state index in [1.807, 2.05) is 51.1 Å². The average molecular weight is 291 g/mol. The van der Waals surface area contributed by atoms with Crippen molar-refractivity contribution in [2.45, 2.75) is 46.1 Å². The van der Waals surface area contributed by atoms with Crippen molar-refractivity contribution in [1.29, 1.82) is 0 Å². The monoisotopic (exact) mass is 291 g/mol. The van der Waals surface area contributed by atoms with Crippen LogP contribution in [0.4, 0.5) is 0 Å². The van der Waals surface area contributed by atoms with Gasteiger partial charge in [0.25, 0.3) is 0 Å². The van der Waals surface area contributed by atoms with E-state index in [0.717, 1.165) is 12.8 Å². The summed E-state index contributed by atoms with van der Waals surface area (Å²) in [4.78, 5) is 23.7. The summed E-state index contributed by atoms with van der Waals surface area (Å²) in [5.74, 6) is -0.518. The molecule has 1 amide bonds. The normalized spacial score (nSPS) is 12.6. The van der Waals surface area contributed by atoms with Crippen LogP contribution in [-0.2, 0) is 20.7 Å². The van der Waals surface area contributed by atoms with Crippen molar-refractivity contribution >= 4 is 11.9 Å². The summed E-state index contributed by atoms with van der Waals surface area (Å²) in [5, 5.41) is 2.78. The van der Waals surface area contributed by atoms with Crippen LogP contribution in [0.2, 0.25) is 0 Å². The SMILES string of the molecule is COC(=O)[C@@H](NC(=O)CCCc1ccccc1)C(C)(C)C. The number of benzene rings is 1. The Kier molecular flexibility index (Phi) is 6.40. The summed E-state index contributed by atoms with van der Waals surface area (Å²) in [6.45, 7) is 5.70. The number of carbonyl (C=O) groups is 2. The molecule has 1 N–H and O–H groups in total. The maximum atomic E-state index is 12.0. The minimum Gasteiger partial charge on any atom is -0.467 e. The molecule has 0 saturated heterocycles. The number of nitrogens with one attached hydrogen (secondary N) is 1. The highest BCUT2D eigenvalue weighted by atomic mass is 16.5. The first-order valence-electron chi connectivity index (χ1n) is 7.25. The molecular formula is C17H25NO3. The van der Waals surface area contributed by atoms with Crippen molar-refractivity contribution in [3.05, 3.63) is 35.9 Å². The van der Waals surface area contributed by atoms with Crippen LogP contribution in [0.15, 0.2) is 30.3 Å². The molecule has 1 atom stereocenters. The summed E-state index contributed by atoms with van der Waals surface area (Å²) in [7, 11) is 1.34. The van der Waals surface area contributed by atoms with Crippen LogP contribution in [0.1, 0.15) is 39.2 Å². The van der Waals surface area contributed by atoms with Crippen LogP contribution in [0.5, 0.6) is 0 Å². The second-order valence-electron chi connectivity index (χ2n) is 6.23. The maximum absolute atomic E-state index is 12.0. The summed E-state index contributed by atoms with van der Waals surface area (Å²) in [5.41, 5.74) is 0.841. The molecule has 4 heteroatoms. The van der Waals surface area contributed by atoms with E-state index >= 15 is 0 Å². The van der Waals surface area contributed by atoms with Gasteiger partial charge in [0.15, 0.2) is 0 Å². The molecule has 116 valence electrons. The molecule has 0 heterocycles. The van der Waals surface area contributed by atoms with Crippen LogP contribution >= 0.6 is 0 Å². The Bertz CT molecular complexity index is 463. The first-order chi connectivity index (χ1) is 9.84. The lowest BCUT2D eigenvalue weighted by Gasteiger charge is -2.29. The van der Waals surface area contributed by atoms with Gasteiger partial charge < -0.3 is 10.1 Å². The van der Waals surface area contributed by atoms with E-state index in [0.29, 0.717) is 6.42 Å². The Balaban J connectivity index is 2.46. The van der Waals surface area contributed by atoms with E-state index in [9.17, 15) is 9.59 Å². The molecular weight excluding hydrogens is 266 g/mol. The van der Waals surface area contributed by atoms with Gasteiger partial charge in [0.05, 0.1) is 7.11 Å². The molecule has 0 bridgehead atoms. The van der Waals surface area contributed by atoms with Gasteiger partial charge in [-0.3, -0.25) is 4.79 Å². The van der Waals surface area contributed by atoms with Crippen molar-refractivity contribution in [3.63, 3.8) is 0 Å². The van der Waals surface area contributed by atoms with E-state index in [1.165, 1.54) is 12.7 Å². The lowest BCUT2D eigenvalue weighted by atomic mass is 9.86. The van der Waals surface area contributed by atoms with Gasteiger partial charge in [-0.2, -0.15) is 0 Å². The second kappa shape index (κ2) is 7.81. The molecule has 1 aromatic rings. The third-order valence-corrected chi connectivity index (χ3v) is 3.32. The summed E-state index contributed by atoms with van der Waals surface area (Å²) in [6, 6.07) is 9.42. The predicted molar refractivity (Wildman–Crippen MR) is 82.8 cm³/mol. The zero-order valence-electron chi connectivity index (χ0n) is 13.3. The largest absolute Gasteiger partial charge is 0.467 e. The van der Waals surface area contributed by atoms with E-state index < -0.39 is 12.0 Å². The molecule has 0 fully saturated rings. The van der Waals surface area contributed by atoms with E-state index in [-0.39, 0.29) is 11.3 Å². The molecule has 1 aromatic carbocycles. The van der Waals surface area contributed by atoms with E-state index in [1.54, 1.807) is 0 Å². The third kappa shape index (κ3) is 5.98. The summed E-state index contributed by atoms with van der Waals surface area (Å²) in [6.07, 6.45) is 2.01. The quantitative estimate of drug-likeness (QED) is 0.820. The number of methoxy groups -OCH3 is 1. The smallest absolute Gasteiger partial charge is 0.328 e. The van der Waals surface area contributed by atoms with Crippen LogP contribution in [0.3, 0.4) is 0 Å². The standard InChI is InChI=1S/C17H25NO3/c1-17(2,3)15(16(20)21-4)18-14(19)12-8-11-13-9-6-5-7-10-13/h5-7,9-10,15H,8,11-12H2,1-4H3,(H,18,19)/t15-/m1/s1. The van der Waals surface area contributed by atoms with Crippen LogP contribution < -0.4 is 5.32 Å². The fourth-order valence-corrected chi connectivity index (χ4v) is 2.08. The van der Waals surface area contributed by atoms with Crippen molar-refractivity contribution < 1.29 is 14.3 Å². The molecule has 4 nitrogen and oxygen atoms in total. The maximum Gasteiger partial charge on any atom is 0.328 e. The molecule has 0 radical (unpaired) electrons. The molecule has 0 spiro atoms. The van der Waals surface area contributed by atoms with Gasteiger partial charge in [0, 0.05) is 6.42 Å². The molecule has 0 aliphatic carbocycles. The molecule has 0 saturated carbocycles. The molecule has 21 heavy (non-hydrogen) atoms. The molecule has 0 aliphatic rings. The third-order valence-electron chi connectivity index (χ3n) is 3.32. The van der Waals surface area contributed by atoms with Gasteiger partial charge in [-0.1, -0.05) is 51.1 Å². The van der Waals surface area contributed by atoms with Gasteiger partial charge in [0.2, 0.25) is 5.91 Å². The van der Waals surface area contributed by atoms with Crippen molar-refractivity contribution in [2.75, 3.05) is 7.11 Å². The lowest BCUT2D eigenvalue weighted by Crippen LogP contribution is -2.49. The van der Waals surface area contributed by atoms with E-state index in [4.69, 9.17) is 4.74 Å². The highest BCUT2D eigenvalue weighted by Gasteiger charge is 2.33. The number of carbonyl (C=O) groups excluding carboxylic acids is 2. The van der Waals surface area contributed by atoms with Gasteiger partial charge in [0.1, 0.15) is 6.04 Å². The molecule has 1 rings (SSSR count). The van der Waals surface area contributed by atoms with Crippen LogP contribution in [0.25, 0.3) is 0 Å². The fraction of sp³-hybridized carbons (Fsp3) is 0.529. The first-order valence-corrected chi connectivity index (χ1v) is 7.25. The lowest BCUT2D eigenvalue weighted by molar-refractivity contribution is -0.148. The average Bonchev–Trinajstić information content (AvgIpc) is 2.44. The van der Waals surface area contributed by atoms with Gasteiger partial charge in [-0.15, -0.1) is 0 Å². The zero-order valence-corrected chi connectivity index (χ0v) is 13.3. The summed E-state index contributed by atoms with van der Waals surface area (Å²) >= 11 is 0. The van der Waals surface area contributed by atoms with Gasteiger partial charge >= 0.3 is 5.97 Å². The molecule has 0 aromatic heterocycles. The number of ether oxygens (including phenoxy) is 1. The molecule has 0 unspecified atom stereocenters. The van der Waals surface area contributed by atoms with Crippen LogP contribution in [-0.4, -0.2) is 25.0 Å². The van der Waals surface area contributed by atoms with Crippen LogP contribution in [0, 0.1) is 5.41 Å². The molecule has 0 aliphatic heterocycles. The summed E-state index contributed by atoms with van der Waals surface area (Å²) < 4.78 is 4.76. The first kappa shape index (κ1) is 17.2. The van der Waals surface area contributed by atoms with E-state index in [2.05, 4.69) is 5.32 Å². The highest BCUT2D eigenvalue weighted by Crippen LogP contribution is 2.20. The number of aryl methyl sites for hydroxylation is 1. The number of rotatable bonds is 6. The number of hydrogen-bond donors (Lipinski definition) is 1. The Labute approximate surface area is 126 Å². The Morgan fingerprint density at radius 2 is 1.81 bits per heavy atom. The predicted octanol–water partition coefficient (Wildman–Crippen LogP) is 2.71. The Hall–Kier alpha value is -1.84. The highest BCUT2D eigenvalue weighted by molar-refractivity contribution is 5.85.